The van der Waals surface area contributed by atoms with E-state index >= 15 is 0 Å². The van der Waals surface area contributed by atoms with Crippen LogP contribution in [0.2, 0.25) is 0 Å². The Bertz CT molecular complexity index is 1370. The van der Waals surface area contributed by atoms with Crippen LogP contribution < -0.4 is 5.32 Å². The van der Waals surface area contributed by atoms with E-state index in [1.54, 1.807) is 0 Å². The molecular formula is C29H28N4O2S. The van der Waals surface area contributed by atoms with Crippen LogP contribution >= 0.6 is 11.8 Å². The first-order valence-corrected chi connectivity index (χ1v) is 12.9. The van der Waals surface area contributed by atoms with E-state index in [9.17, 15) is 9.59 Å². The zero-order valence-corrected chi connectivity index (χ0v) is 21.4. The second-order valence-corrected chi connectivity index (χ2v) is 10.4. The van der Waals surface area contributed by atoms with Crippen LogP contribution in [0.4, 0.5) is 5.69 Å². The molecule has 0 aliphatic carbocycles. The average Bonchev–Trinajstić information content (AvgIpc) is 3.47. The van der Waals surface area contributed by atoms with E-state index in [1.807, 2.05) is 55.3 Å². The van der Waals surface area contributed by atoms with E-state index in [4.69, 9.17) is 5.10 Å². The number of rotatable bonds is 5. The third kappa shape index (κ3) is 4.97. The first-order chi connectivity index (χ1) is 17.4. The minimum absolute atomic E-state index is 0.0578. The Labute approximate surface area is 215 Å². The molecule has 2 atom stereocenters. The largest absolute Gasteiger partial charge is 0.326 e. The van der Waals surface area contributed by atoms with Crippen molar-refractivity contribution in [3.63, 3.8) is 0 Å². The maximum absolute atomic E-state index is 12.8. The third-order valence-electron chi connectivity index (χ3n) is 6.65. The molecule has 182 valence electrons. The quantitative estimate of drug-likeness (QED) is 0.485. The van der Waals surface area contributed by atoms with Gasteiger partial charge in [-0.15, -0.1) is 0 Å². The Morgan fingerprint density at radius 3 is 2.50 bits per heavy atom. The second-order valence-electron chi connectivity index (χ2n) is 9.23. The number of carbonyl (C=O) groups is 2. The molecule has 2 aliphatic rings. The summed E-state index contributed by atoms with van der Waals surface area (Å²) < 4.78 is 0. The molecule has 0 bridgehead atoms. The molecule has 0 aromatic heterocycles. The lowest BCUT2D eigenvalue weighted by molar-refractivity contribution is -0.121. The van der Waals surface area contributed by atoms with Gasteiger partial charge in [0.05, 0.1) is 11.8 Å². The molecule has 0 saturated heterocycles. The van der Waals surface area contributed by atoms with Gasteiger partial charge in [-0.05, 0) is 49.1 Å². The Hall–Kier alpha value is -3.71. The van der Waals surface area contributed by atoms with Gasteiger partial charge >= 0.3 is 0 Å². The summed E-state index contributed by atoms with van der Waals surface area (Å²) in [6, 6.07) is 24.2. The van der Waals surface area contributed by atoms with Crippen molar-refractivity contribution in [3.8, 4) is 0 Å². The molecule has 0 fully saturated rings. The van der Waals surface area contributed by atoms with Crippen LogP contribution in [0.25, 0.3) is 0 Å². The highest BCUT2D eigenvalue weighted by Gasteiger charge is 2.39. The predicted molar refractivity (Wildman–Crippen MR) is 146 cm³/mol. The highest BCUT2D eigenvalue weighted by atomic mass is 32.2. The molecule has 2 aliphatic heterocycles. The molecule has 0 unspecified atom stereocenters. The maximum atomic E-state index is 12.8. The zero-order valence-electron chi connectivity index (χ0n) is 20.6. The standard InChI is InChI=1S/C29H28N4O2S/c1-18-12-14-21(15-13-18)24-16-25(22-9-5-4-6-10-22)33(32-24)29-31-28(35)26(36-29)17-27(34)30-23-11-7-8-19(2)20(23)3/h4-15,25-26H,16-17H2,1-3H3,(H,30,34)/t25-,26-/m1/s1. The van der Waals surface area contributed by atoms with Crippen molar-refractivity contribution in [2.24, 2.45) is 10.1 Å². The fourth-order valence-electron chi connectivity index (χ4n) is 4.40. The number of nitrogens with one attached hydrogen (secondary N) is 1. The molecule has 3 aromatic carbocycles. The number of anilines is 1. The topological polar surface area (TPSA) is 74.1 Å². The van der Waals surface area contributed by atoms with E-state index < -0.39 is 5.25 Å². The van der Waals surface area contributed by atoms with Gasteiger partial charge in [0.25, 0.3) is 5.91 Å². The van der Waals surface area contributed by atoms with Gasteiger partial charge < -0.3 is 5.32 Å². The monoisotopic (exact) mass is 496 g/mol. The van der Waals surface area contributed by atoms with E-state index in [0.29, 0.717) is 11.6 Å². The second kappa shape index (κ2) is 10.1. The van der Waals surface area contributed by atoms with Crippen molar-refractivity contribution in [3.05, 3.63) is 101 Å². The van der Waals surface area contributed by atoms with Gasteiger partial charge in [0.2, 0.25) is 5.91 Å². The number of amidine groups is 1. The molecule has 6 nitrogen and oxygen atoms in total. The number of hydrogen-bond donors (Lipinski definition) is 1. The van der Waals surface area contributed by atoms with E-state index in [-0.39, 0.29) is 24.3 Å². The number of hydrogen-bond acceptors (Lipinski definition) is 5. The maximum Gasteiger partial charge on any atom is 0.262 e. The molecule has 0 spiro atoms. The van der Waals surface area contributed by atoms with Gasteiger partial charge in [0.1, 0.15) is 5.25 Å². The smallest absolute Gasteiger partial charge is 0.262 e. The third-order valence-corrected chi connectivity index (χ3v) is 7.80. The van der Waals surface area contributed by atoms with Crippen LogP contribution in [0.15, 0.2) is 82.9 Å². The van der Waals surface area contributed by atoms with Gasteiger partial charge in [0, 0.05) is 18.5 Å². The number of carbonyl (C=O) groups excluding carboxylic acids is 2. The summed E-state index contributed by atoms with van der Waals surface area (Å²) >= 11 is 1.32. The fourth-order valence-corrected chi connectivity index (χ4v) is 5.46. The number of aryl methyl sites for hydroxylation is 2. The minimum atomic E-state index is -0.569. The lowest BCUT2D eigenvalue weighted by Crippen LogP contribution is -2.25. The van der Waals surface area contributed by atoms with Crippen molar-refractivity contribution in [1.82, 2.24) is 5.01 Å². The summed E-state index contributed by atoms with van der Waals surface area (Å²) in [6.07, 6.45) is 0.765. The van der Waals surface area contributed by atoms with Crippen LogP contribution in [-0.4, -0.2) is 33.0 Å². The van der Waals surface area contributed by atoms with Gasteiger partial charge in [-0.2, -0.15) is 10.1 Å². The molecular weight excluding hydrogens is 468 g/mol. The van der Waals surface area contributed by atoms with Crippen LogP contribution in [0.3, 0.4) is 0 Å². The SMILES string of the molecule is Cc1ccc(C2=NN(C3=NC(=O)[C@@H](CC(=O)Nc4cccc(C)c4C)S3)[C@@H](c3ccccc3)C2)cc1. The van der Waals surface area contributed by atoms with E-state index in [1.165, 1.54) is 17.3 Å². The van der Waals surface area contributed by atoms with Crippen molar-refractivity contribution in [2.45, 2.75) is 44.9 Å². The number of benzene rings is 3. The van der Waals surface area contributed by atoms with Gasteiger partial charge in [0.15, 0.2) is 5.17 Å². The fraction of sp³-hybridized carbons (Fsp3) is 0.241. The van der Waals surface area contributed by atoms with Crippen LogP contribution in [0.5, 0.6) is 0 Å². The van der Waals surface area contributed by atoms with Crippen molar-refractivity contribution >= 4 is 40.1 Å². The first kappa shape index (κ1) is 24.0. The highest BCUT2D eigenvalue weighted by molar-refractivity contribution is 8.15. The van der Waals surface area contributed by atoms with E-state index in [0.717, 1.165) is 33.7 Å². The van der Waals surface area contributed by atoms with Crippen molar-refractivity contribution in [1.29, 1.82) is 0 Å². The number of amides is 2. The Morgan fingerprint density at radius 2 is 1.75 bits per heavy atom. The summed E-state index contributed by atoms with van der Waals surface area (Å²) in [4.78, 5) is 29.9. The minimum Gasteiger partial charge on any atom is -0.326 e. The molecule has 2 heterocycles. The van der Waals surface area contributed by atoms with E-state index in [2.05, 4.69) is 53.6 Å². The molecule has 2 amide bonds. The van der Waals surface area contributed by atoms with Crippen LogP contribution in [-0.2, 0) is 9.59 Å². The highest BCUT2D eigenvalue weighted by Crippen LogP contribution is 2.38. The lowest BCUT2D eigenvalue weighted by Gasteiger charge is -2.23. The summed E-state index contributed by atoms with van der Waals surface area (Å²) in [5, 5.41) is 9.69. The Kier molecular flexibility index (Phi) is 6.74. The summed E-state index contributed by atoms with van der Waals surface area (Å²) in [6.45, 7) is 6.04. The van der Waals surface area contributed by atoms with Crippen LogP contribution in [0.1, 0.15) is 46.7 Å². The van der Waals surface area contributed by atoms with Gasteiger partial charge in [-0.1, -0.05) is 84.1 Å². The molecule has 0 radical (unpaired) electrons. The average molecular weight is 497 g/mol. The summed E-state index contributed by atoms with van der Waals surface area (Å²) in [7, 11) is 0. The molecule has 7 heteroatoms. The number of hydrazone groups is 1. The van der Waals surface area contributed by atoms with Crippen molar-refractivity contribution in [2.75, 3.05) is 5.32 Å². The van der Waals surface area contributed by atoms with Gasteiger partial charge in [-0.25, -0.2) is 5.01 Å². The van der Waals surface area contributed by atoms with Gasteiger partial charge in [-0.3, -0.25) is 9.59 Å². The Balaban J connectivity index is 1.34. The summed E-state index contributed by atoms with van der Waals surface area (Å²) in [5.74, 6) is -0.493. The first-order valence-electron chi connectivity index (χ1n) is 12.0. The molecule has 1 N–H and O–H groups in total. The molecule has 0 saturated carbocycles. The molecule has 36 heavy (non-hydrogen) atoms. The molecule has 5 rings (SSSR count). The van der Waals surface area contributed by atoms with Crippen LogP contribution in [0, 0.1) is 20.8 Å². The van der Waals surface area contributed by atoms with Crippen molar-refractivity contribution < 1.29 is 9.59 Å². The molecule has 3 aromatic rings. The lowest BCUT2D eigenvalue weighted by atomic mass is 9.98. The Morgan fingerprint density at radius 1 is 1.00 bits per heavy atom. The predicted octanol–water partition coefficient (Wildman–Crippen LogP) is 5.79. The number of thioether (sulfide) groups is 1. The summed E-state index contributed by atoms with van der Waals surface area (Å²) in [5.41, 5.74) is 7.21. The normalized spacial score (nSPS) is 19.3. The zero-order chi connectivity index (χ0) is 25.2. The number of nitrogens with zero attached hydrogens (tertiary/aromatic N) is 3. The number of aliphatic imine (C=N–C) groups is 1.